The lowest BCUT2D eigenvalue weighted by Gasteiger charge is -2.04. The van der Waals surface area contributed by atoms with Crippen LogP contribution in [0, 0.1) is 6.92 Å². The number of aromatic amines is 1. The summed E-state index contributed by atoms with van der Waals surface area (Å²) in [6.45, 7) is 1.73. The van der Waals surface area contributed by atoms with Gasteiger partial charge < -0.3 is 4.98 Å². The molecule has 0 aliphatic rings. The van der Waals surface area contributed by atoms with Gasteiger partial charge in [-0.2, -0.15) is 0 Å². The number of hydrogen-bond acceptors (Lipinski definition) is 4. The minimum Gasteiger partial charge on any atom is -0.329 e. The van der Waals surface area contributed by atoms with Crippen LogP contribution in [0.15, 0.2) is 29.2 Å². The molecule has 0 radical (unpaired) electrons. The zero-order valence-corrected chi connectivity index (χ0v) is 10.2. The highest BCUT2D eigenvalue weighted by Gasteiger charge is 2.09. The molecule has 6 nitrogen and oxygen atoms in total. The number of anilines is 1. The lowest BCUT2D eigenvalue weighted by atomic mass is 10.2. The SMILES string of the molecule is Cc1cc(Cl)nc(NC(=O)c2cc[nH]c(=O)c2)n1. The van der Waals surface area contributed by atoms with Gasteiger partial charge in [-0.15, -0.1) is 0 Å². The number of pyridine rings is 1. The molecule has 2 N–H and O–H groups in total. The molecule has 0 fully saturated rings. The Bertz CT molecular complexity index is 633. The van der Waals surface area contributed by atoms with Gasteiger partial charge in [-0.3, -0.25) is 14.9 Å². The van der Waals surface area contributed by atoms with Crippen LogP contribution in [0.5, 0.6) is 0 Å². The fraction of sp³-hybridized carbons (Fsp3) is 0.0909. The van der Waals surface area contributed by atoms with Crippen LogP contribution in [-0.4, -0.2) is 20.9 Å². The van der Waals surface area contributed by atoms with Crippen molar-refractivity contribution < 1.29 is 4.79 Å². The molecule has 0 saturated heterocycles. The van der Waals surface area contributed by atoms with Gasteiger partial charge in [0.15, 0.2) is 0 Å². The Morgan fingerprint density at radius 2 is 2.17 bits per heavy atom. The third-order valence-corrected chi connectivity index (χ3v) is 2.28. The maximum atomic E-state index is 11.8. The number of carbonyl (C=O) groups excluding carboxylic acids is 1. The molecule has 1 amide bonds. The number of hydrogen-bond donors (Lipinski definition) is 2. The quantitative estimate of drug-likeness (QED) is 0.802. The number of amides is 1. The lowest BCUT2D eigenvalue weighted by molar-refractivity contribution is 0.102. The number of aromatic nitrogens is 3. The van der Waals surface area contributed by atoms with E-state index in [1.165, 1.54) is 18.3 Å². The Morgan fingerprint density at radius 3 is 2.83 bits per heavy atom. The second-order valence-corrected chi connectivity index (χ2v) is 3.94. The maximum absolute atomic E-state index is 11.8. The van der Waals surface area contributed by atoms with Crippen molar-refractivity contribution in [3.8, 4) is 0 Å². The molecular formula is C11H9ClN4O2. The molecule has 0 unspecified atom stereocenters. The van der Waals surface area contributed by atoms with Crippen LogP contribution in [0.3, 0.4) is 0 Å². The van der Waals surface area contributed by atoms with Crippen LogP contribution < -0.4 is 10.9 Å². The molecule has 0 aliphatic heterocycles. The van der Waals surface area contributed by atoms with Crippen LogP contribution in [0.2, 0.25) is 5.15 Å². The van der Waals surface area contributed by atoms with E-state index in [1.807, 2.05) is 0 Å². The van der Waals surface area contributed by atoms with E-state index in [-0.39, 0.29) is 22.2 Å². The minimum atomic E-state index is -0.470. The van der Waals surface area contributed by atoms with Crippen molar-refractivity contribution in [1.82, 2.24) is 15.0 Å². The summed E-state index contributed by atoms with van der Waals surface area (Å²) in [5.74, 6) is -0.368. The average Bonchev–Trinajstić information content (AvgIpc) is 2.27. The van der Waals surface area contributed by atoms with E-state index in [2.05, 4.69) is 20.3 Å². The Hall–Kier alpha value is -2.21. The zero-order valence-electron chi connectivity index (χ0n) is 9.40. The lowest BCUT2D eigenvalue weighted by Crippen LogP contribution is -2.17. The predicted octanol–water partition coefficient (Wildman–Crippen LogP) is 1.38. The Balaban J connectivity index is 2.24. The Kier molecular flexibility index (Phi) is 3.38. The van der Waals surface area contributed by atoms with Crippen LogP contribution >= 0.6 is 11.6 Å². The third kappa shape index (κ3) is 2.92. The molecule has 2 aromatic rings. The van der Waals surface area contributed by atoms with Crippen molar-refractivity contribution in [3.63, 3.8) is 0 Å². The minimum absolute atomic E-state index is 0.102. The highest BCUT2D eigenvalue weighted by molar-refractivity contribution is 6.29. The Labute approximate surface area is 107 Å². The normalized spacial score (nSPS) is 10.1. The summed E-state index contributed by atoms with van der Waals surface area (Å²) in [6.07, 6.45) is 1.39. The maximum Gasteiger partial charge on any atom is 0.258 e. The van der Waals surface area contributed by atoms with Crippen molar-refractivity contribution in [2.24, 2.45) is 0 Å². The van der Waals surface area contributed by atoms with Crippen molar-refractivity contribution in [2.75, 3.05) is 5.32 Å². The summed E-state index contributed by atoms with van der Waals surface area (Å²) < 4.78 is 0. The van der Waals surface area contributed by atoms with Crippen molar-refractivity contribution in [3.05, 3.63) is 51.2 Å². The summed E-state index contributed by atoms with van der Waals surface area (Å²) in [5, 5.41) is 2.71. The van der Waals surface area contributed by atoms with E-state index in [4.69, 9.17) is 11.6 Å². The van der Waals surface area contributed by atoms with E-state index in [0.717, 1.165) is 0 Å². The molecule has 0 saturated carbocycles. The highest BCUT2D eigenvalue weighted by atomic mass is 35.5. The van der Waals surface area contributed by atoms with Gasteiger partial charge in [0, 0.05) is 23.5 Å². The average molecular weight is 265 g/mol. The van der Waals surface area contributed by atoms with Gasteiger partial charge in [-0.25, -0.2) is 9.97 Å². The van der Waals surface area contributed by atoms with Gasteiger partial charge in [-0.1, -0.05) is 11.6 Å². The molecule has 0 spiro atoms. The number of H-pyrrole nitrogens is 1. The van der Waals surface area contributed by atoms with Gasteiger partial charge in [0.2, 0.25) is 11.5 Å². The summed E-state index contributed by atoms with van der Waals surface area (Å²) >= 11 is 5.75. The zero-order chi connectivity index (χ0) is 13.1. The molecule has 2 heterocycles. The van der Waals surface area contributed by atoms with Crippen molar-refractivity contribution >= 4 is 23.5 Å². The molecule has 18 heavy (non-hydrogen) atoms. The Morgan fingerprint density at radius 1 is 1.39 bits per heavy atom. The fourth-order valence-corrected chi connectivity index (χ4v) is 1.58. The summed E-state index contributed by atoms with van der Waals surface area (Å²) in [5.41, 5.74) is 0.502. The topological polar surface area (TPSA) is 87.7 Å². The second kappa shape index (κ2) is 4.97. The van der Waals surface area contributed by atoms with E-state index in [9.17, 15) is 9.59 Å². The van der Waals surface area contributed by atoms with E-state index < -0.39 is 5.91 Å². The first-order valence-corrected chi connectivity index (χ1v) is 5.44. The standard InChI is InChI=1S/C11H9ClN4O2/c1-6-4-8(12)15-11(14-6)16-10(18)7-2-3-13-9(17)5-7/h2-5H,1H3,(H,13,17)(H,14,15,16,18). The number of halogens is 1. The van der Waals surface area contributed by atoms with Crippen LogP contribution in [0.25, 0.3) is 0 Å². The summed E-state index contributed by atoms with van der Waals surface area (Å²) in [4.78, 5) is 33.2. The van der Waals surface area contributed by atoms with Crippen molar-refractivity contribution in [1.29, 1.82) is 0 Å². The molecule has 92 valence electrons. The second-order valence-electron chi connectivity index (χ2n) is 3.55. The van der Waals surface area contributed by atoms with E-state index in [0.29, 0.717) is 5.69 Å². The van der Waals surface area contributed by atoms with Gasteiger partial charge >= 0.3 is 0 Å². The first-order valence-electron chi connectivity index (χ1n) is 5.06. The predicted molar refractivity (Wildman–Crippen MR) is 66.8 cm³/mol. The smallest absolute Gasteiger partial charge is 0.258 e. The molecule has 0 aromatic carbocycles. The molecular weight excluding hydrogens is 256 g/mol. The fourth-order valence-electron chi connectivity index (χ4n) is 1.35. The molecule has 0 atom stereocenters. The first kappa shape index (κ1) is 12.3. The number of nitrogens with one attached hydrogen (secondary N) is 2. The van der Waals surface area contributed by atoms with Gasteiger partial charge in [0.25, 0.3) is 5.91 Å². The number of nitrogens with zero attached hydrogens (tertiary/aromatic N) is 2. The van der Waals surface area contributed by atoms with E-state index >= 15 is 0 Å². The van der Waals surface area contributed by atoms with Crippen molar-refractivity contribution in [2.45, 2.75) is 6.92 Å². The van der Waals surface area contributed by atoms with E-state index in [1.54, 1.807) is 13.0 Å². The van der Waals surface area contributed by atoms with Crippen LogP contribution in [-0.2, 0) is 0 Å². The van der Waals surface area contributed by atoms with Gasteiger partial charge in [0.1, 0.15) is 5.15 Å². The number of carbonyl (C=O) groups is 1. The molecule has 2 rings (SSSR count). The molecule has 0 bridgehead atoms. The summed E-state index contributed by atoms with van der Waals surface area (Å²) in [6, 6.07) is 4.24. The molecule has 0 aliphatic carbocycles. The third-order valence-electron chi connectivity index (χ3n) is 2.09. The summed E-state index contributed by atoms with van der Waals surface area (Å²) in [7, 11) is 0. The highest BCUT2D eigenvalue weighted by Crippen LogP contribution is 2.10. The monoisotopic (exact) mass is 264 g/mol. The first-order chi connectivity index (χ1) is 8.54. The van der Waals surface area contributed by atoms with Crippen LogP contribution in [0.1, 0.15) is 16.1 Å². The van der Waals surface area contributed by atoms with Gasteiger partial charge in [0.05, 0.1) is 0 Å². The van der Waals surface area contributed by atoms with Crippen LogP contribution in [0.4, 0.5) is 5.95 Å². The number of aryl methyl sites for hydroxylation is 1. The number of rotatable bonds is 2. The largest absolute Gasteiger partial charge is 0.329 e. The molecule has 2 aromatic heterocycles. The molecule has 7 heteroatoms. The van der Waals surface area contributed by atoms with Gasteiger partial charge in [-0.05, 0) is 19.1 Å².